The third-order valence-electron chi connectivity index (χ3n) is 3.03. The van der Waals surface area contributed by atoms with Crippen LogP contribution in [0.5, 0.6) is 0 Å². The zero-order chi connectivity index (χ0) is 12.8. The Bertz CT molecular complexity index is 286. The molecule has 1 aliphatic rings. The molecule has 2 N–H and O–H groups in total. The Morgan fingerprint density at radius 3 is 2.65 bits per heavy atom. The van der Waals surface area contributed by atoms with Crippen molar-refractivity contribution in [1.29, 1.82) is 0 Å². The number of amides is 2. The minimum Gasteiger partial charge on any atom is -0.480 e. The fraction of sp³-hybridized carbons (Fsp3) is 0.818. The summed E-state index contributed by atoms with van der Waals surface area (Å²) in [5.41, 5.74) is 0. The number of likely N-dealkylation sites (N-methyl/N-ethyl adjacent to an activating group) is 1. The second-order valence-electron chi connectivity index (χ2n) is 4.36. The van der Waals surface area contributed by atoms with Crippen LogP contribution in [-0.2, 0) is 4.79 Å². The van der Waals surface area contributed by atoms with E-state index in [1.54, 1.807) is 11.8 Å². The van der Waals surface area contributed by atoms with E-state index in [1.165, 1.54) is 18.4 Å². The van der Waals surface area contributed by atoms with Crippen LogP contribution in [0.4, 0.5) is 4.79 Å². The Morgan fingerprint density at radius 1 is 1.41 bits per heavy atom. The topological polar surface area (TPSA) is 69.6 Å². The molecule has 0 aromatic heterocycles. The summed E-state index contributed by atoms with van der Waals surface area (Å²) in [7, 11) is 1.50. The Morgan fingerprint density at radius 2 is 2.06 bits per heavy atom. The monoisotopic (exact) mass is 260 g/mol. The average molecular weight is 260 g/mol. The van der Waals surface area contributed by atoms with Crippen molar-refractivity contribution in [2.45, 2.75) is 37.0 Å². The Labute approximate surface area is 106 Å². The number of nitrogens with zero attached hydrogens (tertiary/aromatic N) is 1. The molecule has 1 fully saturated rings. The van der Waals surface area contributed by atoms with Gasteiger partial charge < -0.3 is 15.3 Å². The highest BCUT2D eigenvalue weighted by molar-refractivity contribution is 7.99. The van der Waals surface area contributed by atoms with Crippen LogP contribution in [0.3, 0.4) is 0 Å². The molecule has 1 rings (SSSR count). The standard InChI is InChI=1S/C11H20N2O3S/c1-13(7-10(14)15)11(16)12-8-5-3-4-6-9(8)17-2/h8-9H,3-7H2,1-2H3,(H,12,16)(H,14,15). The van der Waals surface area contributed by atoms with Crippen molar-refractivity contribution < 1.29 is 14.7 Å². The lowest BCUT2D eigenvalue weighted by molar-refractivity contribution is -0.137. The van der Waals surface area contributed by atoms with Crippen LogP contribution in [0.1, 0.15) is 25.7 Å². The summed E-state index contributed by atoms with van der Waals surface area (Å²) >= 11 is 1.77. The maximum atomic E-state index is 11.8. The number of hydrogen-bond donors (Lipinski definition) is 2. The summed E-state index contributed by atoms with van der Waals surface area (Å²) in [6.45, 7) is -0.261. The van der Waals surface area contributed by atoms with Crippen LogP contribution in [0, 0.1) is 0 Å². The Hall–Kier alpha value is -0.910. The van der Waals surface area contributed by atoms with Gasteiger partial charge in [0.05, 0.1) is 0 Å². The normalized spacial score (nSPS) is 24.1. The first-order valence-corrected chi connectivity index (χ1v) is 7.09. The van der Waals surface area contributed by atoms with Gasteiger partial charge >= 0.3 is 12.0 Å². The molecule has 1 saturated carbocycles. The van der Waals surface area contributed by atoms with Crippen molar-refractivity contribution in [1.82, 2.24) is 10.2 Å². The van der Waals surface area contributed by atoms with E-state index in [0.717, 1.165) is 19.3 Å². The van der Waals surface area contributed by atoms with E-state index in [2.05, 4.69) is 11.6 Å². The molecule has 0 heterocycles. The highest BCUT2D eigenvalue weighted by Gasteiger charge is 2.26. The maximum absolute atomic E-state index is 11.8. The second-order valence-corrected chi connectivity index (χ2v) is 5.44. The van der Waals surface area contributed by atoms with E-state index in [9.17, 15) is 9.59 Å². The number of aliphatic carboxylic acids is 1. The number of carbonyl (C=O) groups is 2. The lowest BCUT2D eigenvalue weighted by Gasteiger charge is -2.32. The quantitative estimate of drug-likeness (QED) is 0.801. The van der Waals surface area contributed by atoms with Crippen LogP contribution in [0.15, 0.2) is 0 Å². The highest BCUT2D eigenvalue weighted by Crippen LogP contribution is 2.27. The highest BCUT2D eigenvalue weighted by atomic mass is 32.2. The number of thioether (sulfide) groups is 1. The molecule has 0 aliphatic heterocycles. The van der Waals surface area contributed by atoms with Gasteiger partial charge in [-0.25, -0.2) is 4.79 Å². The lowest BCUT2D eigenvalue weighted by atomic mass is 9.95. The number of carbonyl (C=O) groups excluding carboxylic acids is 1. The van der Waals surface area contributed by atoms with Gasteiger partial charge in [-0.2, -0.15) is 11.8 Å². The first-order chi connectivity index (χ1) is 8.04. The first kappa shape index (κ1) is 14.2. The predicted octanol–water partition coefficient (Wildman–Crippen LogP) is 1.39. The number of nitrogens with one attached hydrogen (secondary N) is 1. The van der Waals surface area contributed by atoms with Crippen LogP contribution in [0.2, 0.25) is 0 Å². The number of hydrogen-bond acceptors (Lipinski definition) is 3. The molecule has 17 heavy (non-hydrogen) atoms. The van der Waals surface area contributed by atoms with Crippen LogP contribution in [0.25, 0.3) is 0 Å². The smallest absolute Gasteiger partial charge is 0.323 e. The molecule has 2 amide bonds. The van der Waals surface area contributed by atoms with E-state index < -0.39 is 5.97 Å². The number of carboxylic acids is 1. The van der Waals surface area contributed by atoms with Gasteiger partial charge in [0, 0.05) is 18.3 Å². The molecule has 0 spiro atoms. The zero-order valence-corrected chi connectivity index (χ0v) is 11.1. The molecular weight excluding hydrogens is 240 g/mol. The molecule has 5 nitrogen and oxygen atoms in total. The molecule has 6 heteroatoms. The molecule has 1 aliphatic carbocycles. The third kappa shape index (κ3) is 4.46. The summed E-state index contributed by atoms with van der Waals surface area (Å²) in [6, 6.07) is -0.124. The molecule has 0 aromatic rings. The van der Waals surface area contributed by atoms with E-state index in [-0.39, 0.29) is 18.6 Å². The molecule has 0 radical (unpaired) electrons. The molecule has 0 bridgehead atoms. The van der Waals surface area contributed by atoms with E-state index in [1.807, 2.05) is 0 Å². The van der Waals surface area contributed by atoms with Crippen LogP contribution < -0.4 is 5.32 Å². The molecule has 0 saturated heterocycles. The molecule has 0 aromatic carbocycles. The number of rotatable bonds is 4. The van der Waals surface area contributed by atoms with E-state index >= 15 is 0 Å². The molecular formula is C11H20N2O3S. The predicted molar refractivity (Wildman–Crippen MR) is 68.4 cm³/mol. The fourth-order valence-electron chi connectivity index (χ4n) is 2.09. The van der Waals surface area contributed by atoms with Crippen molar-refractivity contribution in [2.75, 3.05) is 19.8 Å². The van der Waals surface area contributed by atoms with E-state index in [0.29, 0.717) is 5.25 Å². The summed E-state index contributed by atoms with van der Waals surface area (Å²) in [5, 5.41) is 12.0. The van der Waals surface area contributed by atoms with Gasteiger partial charge in [-0.05, 0) is 19.1 Å². The Balaban J connectivity index is 2.45. The average Bonchev–Trinajstić information content (AvgIpc) is 2.28. The van der Waals surface area contributed by atoms with Gasteiger partial charge in [0.2, 0.25) is 0 Å². The third-order valence-corrected chi connectivity index (χ3v) is 4.20. The van der Waals surface area contributed by atoms with Crippen molar-refractivity contribution >= 4 is 23.8 Å². The lowest BCUT2D eigenvalue weighted by Crippen LogP contribution is -2.49. The van der Waals surface area contributed by atoms with Crippen molar-refractivity contribution in [3.05, 3.63) is 0 Å². The largest absolute Gasteiger partial charge is 0.480 e. The van der Waals surface area contributed by atoms with Gasteiger partial charge in [0.1, 0.15) is 6.54 Å². The van der Waals surface area contributed by atoms with Gasteiger partial charge in [0.15, 0.2) is 0 Å². The minimum atomic E-state index is -0.993. The second kappa shape index (κ2) is 6.74. The van der Waals surface area contributed by atoms with Gasteiger partial charge in [-0.15, -0.1) is 0 Å². The fourth-order valence-corrected chi connectivity index (χ4v) is 3.02. The SMILES string of the molecule is CSC1CCCCC1NC(=O)N(C)CC(=O)O. The molecule has 2 unspecified atom stereocenters. The summed E-state index contributed by atoms with van der Waals surface area (Å²) < 4.78 is 0. The number of urea groups is 1. The maximum Gasteiger partial charge on any atom is 0.323 e. The van der Waals surface area contributed by atoms with Crippen molar-refractivity contribution in [3.8, 4) is 0 Å². The van der Waals surface area contributed by atoms with Gasteiger partial charge in [-0.1, -0.05) is 12.8 Å². The molecule has 2 atom stereocenters. The zero-order valence-electron chi connectivity index (χ0n) is 10.3. The van der Waals surface area contributed by atoms with Gasteiger partial charge in [0.25, 0.3) is 0 Å². The van der Waals surface area contributed by atoms with Crippen LogP contribution in [-0.4, -0.2) is 53.1 Å². The minimum absolute atomic E-state index is 0.169. The first-order valence-electron chi connectivity index (χ1n) is 5.80. The van der Waals surface area contributed by atoms with E-state index in [4.69, 9.17) is 5.11 Å². The summed E-state index contributed by atoms with van der Waals surface area (Å²) in [4.78, 5) is 23.5. The summed E-state index contributed by atoms with van der Waals surface area (Å²) in [6.07, 6.45) is 6.50. The Kier molecular flexibility index (Phi) is 5.61. The summed E-state index contributed by atoms with van der Waals surface area (Å²) in [5.74, 6) is -0.993. The van der Waals surface area contributed by atoms with Gasteiger partial charge in [-0.3, -0.25) is 4.79 Å². The number of carboxylic acid groups (broad SMARTS) is 1. The van der Waals surface area contributed by atoms with Crippen molar-refractivity contribution in [2.24, 2.45) is 0 Å². The van der Waals surface area contributed by atoms with Crippen molar-refractivity contribution in [3.63, 3.8) is 0 Å². The molecule has 98 valence electrons. The van der Waals surface area contributed by atoms with Crippen LogP contribution >= 0.6 is 11.8 Å².